The molecule has 0 fully saturated rings. The van der Waals surface area contributed by atoms with Gasteiger partial charge in [0.2, 0.25) is 23.6 Å². The van der Waals surface area contributed by atoms with Crippen LogP contribution in [0.3, 0.4) is 0 Å². The monoisotopic (exact) mass is 638 g/mol. The van der Waals surface area contributed by atoms with E-state index in [-0.39, 0.29) is 47.8 Å². The molecule has 0 aromatic carbocycles. The Kier molecular flexibility index (Phi) is 17.1. The average molecular weight is 639 g/mol. The number of nitrogens with zero attached hydrogens (tertiary/aromatic N) is 2. The largest absolute Gasteiger partial charge is 0.391 e. The van der Waals surface area contributed by atoms with Crippen molar-refractivity contribution in [2.45, 2.75) is 113 Å². The Bertz CT molecular complexity index is 1080. The molecule has 1 aromatic heterocycles. The van der Waals surface area contributed by atoms with E-state index < -0.39 is 36.1 Å². The van der Waals surface area contributed by atoms with Gasteiger partial charge in [0.25, 0.3) is 0 Å². The number of hydrogen-bond acceptors (Lipinski definition) is 7. The molecule has 0 bridgehead atoms. The molecule has 4 amide bonds. The van der Waals surface area contributed by atoms with Crippen molar-refractivity contribution < 1.29 is 24.3 Å². The molecule has 1 rings (SSSR count). The number of thioether (sulfide) groups is 1. The van der Waals surface area contributed by atoms with Crippen molar-refractivity contribution in [2.75, 3.05) is 18.6 Å². The van der Waals surface area contributed by atoms with E-state index in [4.69, 9.17) is 0 Å². The van der Waals surface area contributed by atoms with Crippen LogP contribution in [0.5, 0.6) is 0 Å². The molecule has 252 valence electrons. The number of carbonyl (C=O) groups excluding carboxylic acids is 4. The fourth-order valence-electron chi connectivity index (χ4n) is 4.85. The Morgan fingerprint density at radius 2 is 1.45 bits per heavy atom. The molecule has 0 aliphatic heterocycles. The second kappa shape index (κ2) is 19.0. The number of nitrogens with one attached hydrogen (secondary N) is 4. The summed E-state index contributed by atoms with van der Waals surface area (Å²) in [5, 5.41) is 27.2. The Labute approximate surface area is 268 Å². The summed E-state index contributed by atoms with van der Waals surface area (Å²) in [6, 6.07) is -0.154. The van der Waals surface area contributed by atoms with Crippen LogP contribution in [0.2, 0.25) is 0 Å². The molecule has 44 heavy (non-hydrogen) atoms. The number of aliphatic hydroxyl groups excluding tert-OH is 1. The molecule has 0 saturated heterocycles. The highest BCUT2D eigenvalue weighted by Gasteiger charge is 2.32. The molecule has 12 heteroatoms. The number of hydrogen-bond donors (Lipinski definition) is 5. The molecule has 1 heterocycles. The third-order valence-corrected chi connectivity index (χ3v) is 8.12. The van der Waals surface area contributed by atoms with Crippen LogP contribution in [-0.4, -0.2) is 81.3 Å². The minimum atomic E-state index is -1.01. The molecule has 0 spiro atoms. The Hall–Kier alpha value is -2.60. The van der Waals surface area contributed by atoms with Crippen molar-refractivity contribution in [1.29, 1.82) is 0 Å². The lowest BCUT2D eigenvalue weighted by molar-refractivity contribution is -0.133. The summed E-state index contributed by atoms with van der Waals surface area (Å²) in [6.07, 6.45) is 1.44. The second-order valence-electron chi connectivity index (χ2n) is 13.3. The molecule has 1 aromatic rings. The zero-order valence-electron chi connectivity index (χ0n) is 28.7. The SMILES string of the molecule is CSC[C@H](NC(=O)[C@@H](C)Cn1nc(C)cc1C)C(=O)N[C@@H](CC(C)C)[C@@H](O)C[C@@H](C)C(=O)N[C@H](C(=O)NCC(C)C)C(C)C. The summed E-state index contributed by atoms with van der Waals surface area (Å²) in [7, 11) is 0. The topological polar surface area (TPSA) is 154 Å². The fraction of sp³-hybridized carbons (Fsp3) is 0.781. The second-order valence-corrected chi connectivity index (χ2v) is 14.3. The quantitative estimate of drug-likeness (QED) is 0.156. The van der Waals surface area contributed by atoms with Crippen LogP contribution >= 0.6 is 11.8 Å². The molecule has 5 N–H and O–H groups in total. The Morgan fingerprint density at radius 3 is 1.95 bits per heavy atom. The van der Waals surface area contributed by atoms with Crippen LogP contribution in [0.25, 0.3) is 0 Å². The number of aliphatic hydroxyl groups is 1. The van der Waals surface area contributed by atoms with E-state index in [2.05, 4.69) is 26.4 Å². The third kappa shape index (κ3) is 13.6. The first kappa shape index (κ1) is 39.4. The zero-order valence-corrected chi connectivity index (χ0v) is 29.5. The van der Waals surface area contributed by atoms with E-state index in [1.165, 1.54) is 11.8 Å². The summed E-state index contributed by atoms with van der Waals surface area (Å²) in [6.45, 7) is 20.0. The molecule has 0 unspecified atom stereocenters. The molecule has 6 atom stereocenters. The minimum absolute atomic E-state index is 0.0984. The van der Waals surface area contributed by atoms with Gasteiger partial charge < -0.3 is 26.4 Å². The number of rotatable bonds is 19. The van der Waals surface area contributed by atoms with E-state index in [1.807, 2.05) is 67.7 Å². The lowest BCUT2D eigenvalue weighted by atomic mass is 9.91. The molecular weight excluding hydrogens is 580 g/mol. The highest BCUT2D eigenvalue weighted by molar-refractivity contribution is 7.98. The fourth-order valence-corrected chi connectivity index (χ4v) is 5.42. The number of aryl methyl sites for hydroxylation is 2. The normalized spacial score (nSPS) is 15.8. The zero-order chi connectivity index (χ0) is 33.7. The van der Waals surface area contributed by atoms with Gasteiger partial charge in [0, 0.05) is 23.9 Å². The number of carbonyl (C=O) groups is 4. The van der Waals surface area contributed by atoms with Crippen LogP contribution < -0.4 is 21.3 Å². The van der Waals surface area contributed by atoms with Gasteiger partial charge in [-0.25, -0.2) is 0 Å². The van der Waals surface area contributed by atoms with Gasteiger partial charge in [0.05, 0.1) is 30.3 Å². The molecule has 0 aliphatic rings. The molecular formula is C32H58N6O5S. The highest BCUT2D eigenvalue weighted by atomic mass is 32.2. The maximum Gasteiger partial charge on any atom is 0.243 e. The summed E-state index contributed by atoms with van der Waals surface area (Å²) in [5.41, 5.74) is 1.84. The van der Waals surface area contributed by atoms with Crippen LogP contribution in [0.1, 0.15) is 79.6 Å². The van der Waals surface area contributed by atoms with Gasteiger partial charge in [-0.1, -0.05) is 55.4 Å². The van der Waals surface area contributed by atoms with Crippen LogP contribution in [0.15, 0.2) is 6.07 Å². The summed E-state index contributed by atoms with van der Waals surface area (Å²) >= 11 is 1.44. The van der Waals surface area contributed by atoms with E-state index in [1.54, 1.807) is 18.5 Å². The van der Waals surface area contributed by atoms with Crippen LogP contribution in [0, 0.1) is 43.4 Å². The van der Waals surface area contributed by atoms with Crippen molar-refractivity contribution in [3.05, 3.63) is 17.5 Å². The molecule has 11 nitrogen and oxygen atoms in total. The first-order valence-electron chi connectivity index (χ1n) is 15.8. The lowest BCUT2D eigenvalue weighted by Gasteiger charge is -2.30. The number of aromatic nitrogens is 2. The van der Waals surface area contributed by atoms with Crippen molar-refractivity contribution >= 4 is 35.4 Å². The summed E-state index contributed by atoms with van der Waals surface area (Å²) in [4.78, 5) is 52.3. The standard InChI is InChI=1S/C32H58N6O5S/c1-18(2)12-25(27(39)13-21(7)29(40)36-28(20(5)6)32(43)33-15-19(3)4)34-31(42)26(17-44-11)35-30(41)22(8)16-38-24(10)14-23(9)37-38/h14,18-22,25-28,39H,12-13,15-17H2,1-11H3,(H,33,43)(H,34,42)(H,35,41)(H,36,40)/t21-,22+,25+,26+,27+,28+/m1/s1. The number of amides is 4. The Morgan fingerprint density at radius 1 is 0.841 bits per heavy atom. The lowest BCUT2D eigenvalue weighted by Crippen LogP contribution is -2.55. The van der Waals surface area contributed by atoms with E-state index in [9.17, 15) is 24.3 Å². The summed E-state index contributed by atoms with van der Waals surface area (Å²) in [5.74, 6) is -1.53. The minimum Gasteiger partial charge on any atom is -0.391 e. The highest BCUT2D eigenvalue weighted by Crippen LogP contribution is 2.17. The maximum absolute atomic E-state index is 13.4. The van der Waals surface area contributed by atoms with Gasteiger partial charge in [0.1, 0.15) is 12.1 Å². The van der Waals surface area contributed by atoms with Gasteiger partial charge in [0.15, 0.2) is 0 Å². The molecule has 0 radical (unpaired) electrons. The van der Waals surface area contributed by atoms with E-state index in [0.29, 0.717) is 25.3 Å². The van der Waals surface area contributed by atoms with Gasteiger partial charge in [-0.15, -0.1) is 0 Å². The van der Waals surface area contributed by atoms with Gasteiger partial charge in [-0.2, -0.15) is 16.9 Å². The first-order chi connectivity index (χ1) is 20.5. The van der Waals surface area contributed by atoms with Crippen molar-refractivity contribution in [1.82, 2.24) is 31.0 Å². The Balaban J connectivity index is 2.91. The van der Waals surface area contributed by atoms with Gasteiger partial charge in [-0.05, 0) is 56.8 Å². The van der Waals surface area contributed by atoms with Crippen molar-refractivity contribution in [2.24, 2.45) is 29.6 Å². The van der Waals surface area contributed by atoms with E-state index in [0.717, 1.165) is 11.4 Å². The first-order valence-corrected chi connectivity index (χ1v) is 17.2. The smallest absolute Gasteiger partial charge is 0.243 e. The maximum atomic E-state index is 13.4. The van der Waals surface area contributed by atoms with E-state index >= 15 is 0 Å². The van der Waals surface area contributed by atoms with Gasteiger partial charge in [-0.3, -0.25) is 23.9 Å². The molecule has 0 saturated carbocycles. The average Bonchev–Trinajstić information content (AvgIpc) is 3.24. The predicted octanol–water partition coefficient (Wildman–Crippen LogP) is 2.81. The third-order valence-electron chi connectivity index (χ3n) is 7.46. The van der Waals surface area contributed by atoms with Gasteiger partial charge >= 0.3 is 0 Å². The molecule has 0 aliphatic carbocycles. The van der Waals surface area contributed by atoms with Crippen LogP contribution in [0.4, 0.5) is 0 Å². The van der Waals surface area contributed by atoms with Crippen LogP contribution in [-0.2, 0) is 25.7 Å². The van der Waals surface area contributed by atoms with Crippen molar-refractivity contribution in [3.63, 3.8) is 0 Å². The predicted molar refractivity (Wildman–Crippen MR) is 177 cm³/mol. The summed E-state index contributed by atoms with van der Waals surface area (Å²) < 4.78 is 1.79. The van der Waals surface area contributed by atoms with Crippen molar-refractivity contribution in [3.8, 4) is 0 Å².